The zero-order chi connectivity index (χ0) is 15.5. The average molecular weight is 307 g/mol. The van der Waals surface area contributed by atoms with Crippen molar-refractivity contribution in [2.45, 2.75) is 30.8 Å². The van der Waals surface area contributed by atoms with Crippen LogP contribution >= 0.6 is 0 Å². The Labute approximate surface area is 126 Å². The highest BCUT2D eigenvalue weighted by Gasteiger charge is 2.30. The van der Waals surface area contributed by atoms with Crippen LogP contribution in [-0.4, -0.2) is 25.7 Å². The van der Waals surface area contributed by atoms with Gasteiger partial charge in [0.05, 0.1) is 10.5 Å². The quantitative estimate of drug-likeness (QED) is 0.876. The first-order valence-corrected chi connectivity index (χ1v) is 8.46. The van der Waals surface area contributed by atoms with Crippen LogP contribution in [0.25, 0.3) is 0 Å². The molecule has 2 atom stereocenters. The van der Waals surface area contributed by atoms with Crippen LogP contribution in [0.5, 0.6) is 0 Å². The number of hydrogen-bond donors (Lipinski definition) is 2. The Balaban J connectivity index is 1.98. The van der Waals surface area contributed by atoms with Gasteiger partial charge in [0.1, 0.15) is 0 Å². The predicted molar refractivity (Wildman–Crippen MR) is 83.4 cm³/mol. The molecule has 0 bridgehead atoms. The van der Waals surface area contributed by atoms with Crippen LogP contribution in [0.3, 0.4) is 0 Å². The molecule has 0 radical (unpaired) electrons. The molecule has 1 aliphatic carbocycles. The first-order valence-electron chi connectivity index (χ1n) is 6.98. The van der Waals surface area contributed by atoms with Crippen LogP contribution in [0, 0.1) is 12.8 Å². The fourth-order valence-corrected chi connectivity index (χ4v) is 3.30. The third-order valence-corrected chi connectivity index (χ3v) is 5.31. The van der Waals surface area contributed by atoms with E-state index in [4.69, 9.17) is 0 Å². The van der Waals surface area contributed by atoms with E-state index < -0.39 is 15.6 Å². The molecule has 21 heavy (non-hydrogen) atoms. The van der Waals surface area contributed by atoms with Crippen molar-refractivity contribution in [2.24, 2.45) is 5.92 Å². The Hall–Kier alpha value is -1.43. The van der Waals surface area contributed by atoms with Gasteiger partial charge >= 0.3 is 0 Å². The van der Waals surface area contributed by atoms with Crippen molar-refractivity contribution in [3.63, 3.8) is 0 Å². The second-order valence-electron chi connectivity index (χ2n) is 5.48. The Bertz CT molecular complexity index is 647. The molecule has 2 N–H and O–H groups in total. The van der Waals surface area contributed by atoms with Crippen LogP contribution in [0.1, 0.15) is 18.9 Å². The summed E-state index contributed by atoms with van der Waals surface area (Å²) in [6.07, 6.45) is 7.64. The third-order valence-electron chi connectivity index (χ3n) is 3.83. The van der Waals surface area contributed by atoms with E-state index >= 15 is 0 Å². The molecule has 0 spiro atoms. The minimum atomic E-state index is -3.53. The van der Waals surface area contributed by atoms with Gasteiger partial charge in [0.2, 0.25) is 10.0 Å². The molecule has 0 unspecified atom stereocenters. The van der Waals surface area contributed by atoms with Crippen molar-refractivity contribution in [2.75, 3.05) is 6.54 Å². The van der Waals surface area contributed by atoms with Gasteiger partial charge in [-0.15, -0.1) is 0 Å². The van der Waals surface area contributed by atoms with Gasteiger partial charge in [0.15, 0.2) is 0 Å². The SMILES string of the molecule is Cc1ccc(S(=O)(=O)NCC[C@]2(O)C=CC=C[C@H]2C)cc1. The maximum Gasteiger partial charge on any atom is 0.240 e. The molecule has 1 aromatic rings. The van der Waals surface area contributed by atoms with Crippen molar-refractivity contribution in [3.8, 4) is 0 Å². The van der Waals surface area contributed by atoms with Crippen molar-refractivity contribution in [1.82, 2.24) is 4.72 Å². The van der Waals surface area contributed by atoms with E-state index in [0.29, 0.717) is 6.42 Å². The fourth-order valence-electron chi connectivity index (χ4n) is 2.27. The first-order chi connectivity index (χ1) is 9.83. The zero-order valence-corrected chi connectivity index (χ0v) is 13.1. The third kappa shape index (κ3) is 3.81. The minimum Gasteiger partial charge on any atom is -0.385 e. The van der Waals surface area contributed by atoms with Crippen molar-refractivity contribution < 1.29 is 13.5 Å². The Morgan fingerprint density at radius 1 is 1.24 bits per heavy atom. The summed E-state index contributed by atoms with van der Waals surface area (Å²) < 4.78 is 26.8. The highest BCUT2D eigenvalue weighted by atomic mass is 32.2. The summed E-state index contributed by atoms with van der Waals surface area (Å²) >= 11 is 0. The largest absolute Gasteiger partial charge is 0.385 e. The number of aliphatic hydroxyl groups is 1. The van der Waals surface area contributed by atoms with E-state index in [1.54, 1.807) is 36.4 Å². The van der Waals surface area contributed by atoms with Gasteiger partial charge in [-0.3, -0.25) is 0 Å². The van der Waals surface area contributed by atoms with E-state index in [0.717, 1.165) is 5.56 Å². The van der Waals surface area contributed by atoms with Crippen molar-refractivity contribution >= 4 is 10.0 Å². The molecule has 0 saturated carbocycles. The summed E-state index contributed by atoms with van der Waals surface area (Å²) in [5.41, 5.74) is 0.0149. The molecule has 114 valence electrons. The van der Waals surface area contributed by atoms with Crippen molar-refractivity contribution in [1.29, 1.82) is 0 Å². The lowest BCUT2D eigenvalue weighted by molar-refractivity contribution is 0.0461. The standard InChI is InChI=1S/C16H21NO3S/c1-13-6-8-15(9-7-13)21(19,20)17-12-11-16(18)10-4-3-5-14(16)2/h3-10,14,17-18H,11-12H2,1-2H3/t14-,16-/m1/s1. The van der Waals surface area contributed by atoms with Crippen LogP contribution in [0.2, 0.25) is 0 Å². The molecule has 1 aromatic carbocycles. The minimum absolute atomic E-state index is 0.0358. The fraction of sp³-hybridized carbons (Fsp3) is 0.375. The Morgan fingerprint density at radius 2 is 1.90 bits per heavy atom. The second kappa shape index (κ2) is 6.13. The van der Waals surface area contributed by atoms with Gasteiger partial charge in [-0.2, -0.15) is 0 Å². The lowest BCUT2D eigenvalue weighted by Crippen LogP contribution is -2.38. The summed E-state index contributed by atoms with van der Waals surface area (Å²) in [6.45, 7) is 4.01. The number of nitrogens with one attached hydrogen (secondary N) is 1. The van der Waals surface area contributed by atoms with Crippen molar-refractivity contribution in [3.05, 3.63) is 54.1 Å². The van der Waals surface area contributed by atoms with Crippen LogP contribution in [-0.2, 0) is 10.0 Å². The molecule has 0 fully saturated rings. The number of benzene rings is 1. The van der Waals surface area contributed by atoms with Gasteiger partial charge in [-0.05, 0) is 25.5 Å². The van der Waals surface area contributed by atoms with E-state index in [9.17, 15) is 13.5 Å². The molecule has 4 nitrogen and oxygen atoms in total. The number of rotatable bonds is 5. The summed E-state index contributed by atoms with van der Waals surface area (Å²) in [5, 5.41) is 10.5. The number of aryl methyl sites for hydroxylation is 1. The lowest BCUT2D eigenvalue weighted by Gasteiger charge is -2.31. The normalized spacial score (nSPS) is 25.2. The van der Waals surface area contributed by atoms with Crippen LogP contribution in [0.4, 0.5) is 0 Å². The average Bonchev–Trinajstić information content (AvgIpc) is 2.43. The molecule has 0 aromatic heterocycles. The molecule has 0 heterocycles. The van der Waals surface area contributed by atoms with E-state index in [1.807, 2.05) is 26.0 Å². The van der Waals surface area contributed by atoms with Gasteiger partial charge in [-0.25, -0.2) is 13.1 Å². The first kappa shape index (κ1) is 15.9. The summed E-state index contributed by atoms with van der Waals surface area (Å²) in [6, 6.07) is 6.69. The maximum absolute atomic E-state index is 12.1. The van der Waals surface area contributed by atoms with Gasteiger partial charge < -0.3 is 5.11 Å². The lowest BCUT2D eigenvalue weighted by atomic mass is 9.83. The molecule has 1 aliphatic rings. The van der Waals surface area contributed by atoms with Crippen LogP contribution in [0.15, 0.2) is 53.5 Å². The summed E-state index contributed by atoms with van der Waals surface area (Å²) in [5.74, 6) is -0.0358. The van der Waals surface area contributed by atoms with E-state index in [1.165, 1.54) is 0 Å². The molecule has 0 saturated heterocycles. The molecule has 0 aliphatic heterocycles. The highest BCUT2D eigenvalue weighted by molar-refractivity contribution is 7.89. The second-order valence-corrected chi connectivity index (χ2v) is 7.25. The Kier molecular flexibility index (Phi) is 4.66. The van der Waals surface area contributed by atoms with Crippen LogP contribution < -0.4 is 4.72 Å². The van der Waals surface area contributed by atoms with E-state index in [-0.39, 0.29) is 17.4 Å². The number of allylic oxidation sites excluding steroid dienone is 2. The molecular weight excluding hydrogens is 286 g/mol. The molecule has 0 amide bonds. The predicted octanol–water partition coefficient (Wildman–Crippen LogP) is 2.16. The number of sulfonamides is 1. The maximum atomic E-state index is 12.1. The number of hydrogen-bond acceptors (Lipinski definition) is 3. The zero-order valence-electron chi connectivity index (χ0n) is 12.3. The molecular formula is C16H21NO3S. The molecule has 2 rings (SSSR count). The van der Waals surface area contributed by atoms with E-state index in [2.05, 4.69) is 4.72 Å². The summed E-state index contributed by atoms with van der Waals surface area (Å²) in [7, 11) is -3.53. The monoisotopic (exact) mass is 307 g/mol. The molecule has 5 heteroatoms. The Morgan fingerprint density at radius 3 is 2.52 bits per heavy atom. The highest BCUT2D eigenvalue weighted by Crippen LogP contribution is 2.27. The smallest absolute Gasteiger partial charge is 0.240 e. The van der Waals surface area contributed by atoms with Gasteiger partial charge in [-0.1, -0.05) is 48.9 Å². The summed E-state index contributed by atoms with van der Waals surface area (Å²) in [4.78, 5) is 0.243. The van der Waals surface area contributed by atoms with Gasteiger partial charge in [0, 0.05) is 12.5 Å². The van der Waals surface area contributed by atoms with Gasteiger partial charge in [0.25, 0.3) is 0 Å². The topological polar surface area (TPSA) is 66.4 Å².